The molecule has 7 nitrogen and oxygen atoms in total. The molecular weight excluding hydrogens is 338 g/mol. The van der Waals surface area contributed by atoms with E-state index in [2.05, 4.69) is 20.2 Å². The third-order valence-corrected chi connectivity index (χ3v) is 4.51. The van der Waals surface area contributed by atoms with Crippen LogP contribution in [0, 0.1) is 13.8 Å². The van der Waals surface area contributed by atoms with E-state index in [0.29, 0.717) is 28.0 Å². The molecule has 0 aliphatic rings. The third-order valence-electron chi connectivity index (χ3n) is 3.63. The summed E-state index contributed by atoms with van der Waals surface area (Å²) in [5, 5.41) is 7.78. The predicted molar refractivity (Wildman–Crippen MR) is 94.6 cm³/mol. The zero-order chi connectivity index (χ0) is 17.4. The molecule has 8 heteroatoms. The summed E-state index contributed by atoms with van der Waals surface area (Å²) in [5.41, 5.74) is 3.10. The first-order valence-electron chi connectivity index (χ1n) is 7.70. The molecule has 126 valence electrons. The van der Waals surface area contributed by atoms with Gasteiger partial charge in [-0.2, -0.15) is 0 Å². The highest BCUT2D eigenvalue weighted by Crippen LogP contribution is 2.22. The van der Waals surface area contributed by atoms with Crippen molar-refractivity contribution in [2.75, 3.05) is 0 Å². The lowest BCUT2D eigenvalue weighted by molar-refractivity contribution is 0.344. The van der Waals surface area contributed by atoms with E-state index in [9.17, 15) is 4.79 Å². The Labute approximate surface area is 147 Å². The van der Waals surface area contributed by atoms with Gasteiger partial charge in [0.05, 0.1) is 5.69 Å². The number of hydrogen-bond donors (Lipinski definition) is 1. The molecule has 0 saturated heterocycles. The Hall–Kier alpha value is -2.87. The Morgan fingerprint density at radius 3 is 2.92 bits per heavy atom. The van der Waals surface area contributed by atoms with Gasteiger partial charge in [-0.25, -0.2) is 9.97 Å². The van der Waals surface area contributed by atoms with E-state index in [1.165, 1.54) is 22.4 Å². The van der Waals surface area contributed by atoms with Crippen LogP contribution in [-0.2, 0) is 5.75 Å². The number of aromatic amines is 1. The second kappa shape index (κ2) is 6.21. The molecule has 0 aliphatic carbocycles. The Balaban J connectivity index is 1.53. The van der Waals surface area contributed by atoms with E-state index >= 15 is 0 Å². The summed E-state index contributed by atoms with van der Waals surface area (Å²) in [5.74, 6) is 1.87. The van der Waals surface area contributed by atoms with Crippen LogP contribution >= 0.6 is 11.8 Å². The van der Waals surface area contributed by atoms with E-state index in [1.54, 1.807) is 13.0 Å². The Bertz CT molecular complexity index is 1110. The maximum Gasteiger partial charge on any atom is 0.287 e. The molecule has 1 aromatic carbocycles. The van der Waals surface area contributed by atoms with Crippen molar-refractivity contribution >= 4 is 17.4 Å². The molecule has 0 saturated carbocycles. The topological polar surface area (TPSA) is 89.1 Å². The second-order valence-electron chi connectivity index (χ2n) is 5.71. The van der Waals surface area contributed by atoms with Gasteiger partial charge in [-0.05, 0) is 19.9 Å². The van der Waals surface area contributed by atoms with Gasteiger partial charge in [0.2, 0.25) is 5.16 Å². The number of hydrogen-bond acceptors (Lipinski definition) is 6. The van der Waals surface area contributed by atoms with Crippen molar-refractivity contribution in [1.29, 1.82) is 0 Å². The van der Waals surface area contributed by atoms with E-state index in [-0.39, 0.29) is 5.56 Å². The lowest BCUT2D eigenvalue weighted by Gasteiger charge is -1.98. The van der Waals surface area contributed by atoms with E-state index in [4.69, 9.17) is 4.52 Å². The van der Waals surface area contributed by atoms with Crippen molar-refractivity contribution in [1.82, 2.24) is 24.7 Å². The van der Waals surface area contributed by atoms with Crippen LogP contribution in [0.15, 0.2) is 50.9 Å². The van der Waals surface area contributed by atoms with Crippen LogP contribution in [0.5, 0.6) is 0 Å². The standard InChI is InChI=1S/C17H15N5O2S/c1-10-4-3-5-12(6-10)16-19-17(21-20-16)25-9-13-8-15(23)22-14(18-13)7-11(2)24-22/h3-8H,9H2,1-2H3,(H,19,20,21). The summed E-state index contributed by atoms with van der Waals surface area (Å²) < 4.78 is 6.47. The van der Waals surface area contributed by atoms with Crippen molar-refractivity contribution in [3.63, 3.8) is 0 Å². The number of thioether (sulfide) groups is 1. The highest BCUT2D eigenvalue weighted by Gasteiger charge is 2.10. The summed E-state index contributed by atoms with van der Waals surface area (Å²) in [6, 6.07) is 11.3. The molecular formula is C17H15N5O2S. The first-order chi connectivity index (χ1) is 12.1. The number of benzene rings is 1. The predicted octanol–water partition coefficient (Wildman–Crippen LogP) is 2.98. The molecule has 1 N–H and O–H groups in total. The largest absolute Gasteiger partial charge is 0.375 e. The average Bonchev–Trinajstić information content (AvgIpc) is 3.19. The first-order valence-corrected chi connectivity index (χ1v) is 8.69. The van der Waals surface area contributed by atoms with E-state index < -0.39 is 0 Å². The van der Waals surface area contributed by atoms with Gasteiger partial charge in [-0.15, -0.1) is 9.67 Å². The summed E-state index contributed by atoms with van der Waals surface area (Å²) in [7, 11) is 0. The summed E-state index contributed by atoms with van der Waals surface area (Å²) >= 11 is 1.42. The monoisotopic (exact) mass is 353 g/mol. The molecule has 3 heterocycles. The maximum atomic E-state index is 12.0. The van der Waals surface area contributed by atoms with Crippen LogP contribution in [0.2, 0.25) is 0 Å². The normalized spacial score (nSPS) is 11.3. The van der Waals surface area contributed by atoms with Gasteiger partial charge in [-0.3, -0.25) is 9.89 Å². The molecule has 0 spiro atoms. The zero-order valence-corrected chi connectivity index (χ0v) is 14.5. The van der Waals surface area contributed by atoms with Crippen LogP contribution in [0.4, 0.5) is 0 Å². The second-order valence-corrected chi connectivity index (χ2v) is 6.65. The summed E-state index contributed by atoms with van der Waals surface area (Å²) in [6.45, 7) is 3.82. The van der Waals surface area contributed by atoms with Gasteiger partial charge in [0.25, 0.3) is 5.56 Å². The van der Waals surface area contributed by atoms with E-state index in [0.717, 1.165) is 17.0 Å². The Kier molecular flexibility index (Phi) is 3.89. The van der Waals surface area contributed by atoms with Gasteiger partial charge < -0.3 is 4.52 Å². The SMILES string of the molecule is Cc1cccc(-c2nc(SCc3cc(=O)n4oc(C)cc4n3)n[nH]2)c1. The van der Waals surface area contributed by atoms with Gasteiger partial charge in [0, 0.05) is 23.4 Å². The minimum Gasteiger partial charge on any atom is -0.375 e. The highest BCUT2D eigenvalue weighted by atomic mass is 32.2. The Morgan fingerprint density at radius 2 is 2.08 bits per heavy atom. The molecule has 4 rings (SSSR count). The molecule has 25 heavy (non-hydrogen) atoms. The van der Waals surface area contributed by atoms with E-state index in [1.807, 2.05) is 31.2 Å². The van der Waals surface area contributed by atoms with Crippen LogP contribution in [0.25, 0.3) is 17.0 Å². The molecule has 0 fully saturated rings. The third kappa shape index (κ3) is 3.20. The fraction of sp³-hybridized carbons (Fsp3) is 0.176. The Morgan fingerprint density at radius 1 is 1.20 bits per heavy atom. The number of nitrogens with one attached hydrogen (secondary N) is 1. The number of H-pyrrole nitrogens is 1. The zero-order valence-electron chi connectivity index (χ0n) is 13.7. The molecule has 0 radical (unpaired) electrons. The molecule has 0 atom stereocenters. The molecule has 0 bridgehead atoms. The molecule has 0 unspecified atom stereocenters. The van der Waals surface area contributed by atoms with Crippen molar-refractivity contribution in [3.05, 3.63) is 63.8 Å². The quantitative estimate of drug-likeness (QED) is 0.567. The number of aromatic nitrogens is 5. The minimum atomic E-state index is -0.232. The average molecular weight is 353 g/mol. The molecule has 3 aromatic heterocycles. The summed E-state index contributed by atoms with van der Waals surface area (Å²) in [4.78, 5) is 21.0. The van der Waals surface area contributed by atoms with Crippen LogP contribution < -0.4 is 5.56 Å². The van der Waals surface area contributed by atoms with Gasteiger partial charge >= 0.3 is 0 Å². The highest BCUT2D eigenvalue weighted by molar-refractivity contribution is 7.98. The molecule has 4 aromatic rings. The van der Waals surface area contributed by atoms with Crippen molar-refractivity contribution in [2.24, 2.45) is 0 Å². The van der Waals surface area contributed by atoms with Crippen molar-refractivity contribution < 1.29 is 4.52 Å². The smallest absolute Gasteiger partial charge is 0.287 e. The van der Waals surface area contributed by atoms with Crippen LogP contribution in [0.1, 0.15) is 17.0 Å². The lowest BCUT2D eigenvalue weighted by Crippen LogP contribution is -2.12. The number of aryl methyl sites for hydroxylation is 2. The molecule has 0 aliphatic heterocycles. The maximum absolute atomic E-state index is 12.0. The number of rotatable bonds is 4. The minimum absolute atomic E-state index is 0.232. The van der Waals surface area contributed by atoms with Crippen LogP contribution in [-0.4, -0.2) is 24.7 Å². The number of nitrogens with zero attached hydrogens (tertiary/aromatic N) is 4. The van der Waals surface area contributed by atoms with Crippen molar-refractivity contribution in [2.45, 2.75) is 24.8 Å². The fourth-order valence-corrected chi connectivity index (χ4v) is 3.21. The van der Waals surface area contributed by atoms with Crippen LogP contribution in [0.3, 0.4) is 0 Å². The fourth-order valence-electron chi connectivity index (χ4n) is 2.52. The summed E-state index contributed by atoms with van der Waals surface area (Å²) in [6.07, 6.45) is 0. The first kappa shape index (κ1) is 15.6. The van der Waals surface area contributed by atoms with Gasteiger partial charge in [0.1, 0.15) is 5.76 Å². The lowest BCUT2D eigenvalue weighted by atomic mass is 10.1. The molecule has 0 amide bonds. The van der Waals surface area contributed by atoms with Gasteiger partial charge in [0.15, 0.2) is 11.5 Å². The number of fused-ring (bicyclic) bond motifs is 1. The van der Waals surface area contributed by atoms with Gasteiger partial charge in [-0.1, -0.05) is 35.5 Å². The van der Waals surface area contributed by atoms with Crippen molar-refractivity contribution in [3.8, 4) is 11.4 Å².